The van der Waals surface area contributed by atoms with Gasteiger partial charge in [-0.05, 0) is 44.0 Å². The van der Waals surface area contributed by atoms with Crippen molar-refractivity contribution in [2.24, 2.45) is 0 Å². The van der Waals surface area contributed by atoms with E-state index in [0.29, 0.717) is 6.04 Å². The Labute approximate surface area is 116 Å². The Morgan fingerprint density at radius 3 is 2.47 bits per heavy atom. The third kappa shape index (κ3) is 3.16. The van der Waals surface area contributed by atoms with Crippen molar-refractivity contribution in [1.82, 2.24) is 4.90 Å². The molecule has 0 aliphatic carbocycles. The van der Waals surface area contributed by atoms with Crippen molar-refractivity contribution >= 4 is 12.0 Å². The van der Waals surface area contributed by atoms with Crippen molar-refractivity contribution in [2.45, 2.75) is 33.2 Å². The number of hydrogen-bond acceptors (Lipinski definition) is 3. The van der Waals surface area contributed by atoms with E-state index in [-0.39, 0.29) is 0 Å². The van der Waals surface area contributed by atoms with Crippen LogP contribution in [0, 0.1) is 6.92 Å². The molecule has 1 atom stereocenters. The Morgan fingerprint density at radius 2 is 1.95 bits per heavy atom. The van der Waals surface area contributed by atoms with Gasteiger partial charge in [-0.25, -0.2) is 0 Å². The first kappa shape index (κ1) is 14.1. The molecule has 3 nitrogen and oxygen atoms in total. The number of aryl methyl sites for hydroxylation is 1. The van der Waals surface area contributed by atoms with Crippen LogP contribution in [-0.4, -0.2) is 43.4 Å². The highest BCUT2D eigenvalue weighted by Gasteiger charge is 2.21. The lowest BCUT2D eigenvalue weighted by Gasteiger charge is -2.39. The lowest BCUT2D eigenvalue weighted by molar-refractivity contribution is 0.112. The molecule has 1 aliphatic rings. The van der Waals surface area contributed by atoms with E-state index in [2.05, 4.69) is 36.6 Å². The van der Waals surface area contributed by atoms with E-state index >= 15 is 0 Å². The molecule has 2 rings (SSSR count). The third-order valence-corrected chi connectivity index (χ3v) is 4.23. The molecule has 1 aliphatic heterocycles. The first-order valence-corrected chi connectivity index (χ1v) is 7.20. The smallest absolute Gasteiger partial charge is 0.150 e. The molecule has 1 heterocycles. The van der Waals surface area contributed by atoms with Gasteiger partial charge < -0.3 is 4.90 Å². The van der Waals surface area contributed by atoms with Gasteiger partial charge in [0.05, 0.1) is 0 Å². The first-order chi connectivity index (χ1) is 9.15. The summed E-state index contributed by atoms with van der Waals surface area (Å²) >= 11 is 0. The van der Waals surface area contributed by atoms with Crippen molar-refractivity contribution in [2.75, 3.05) is 31.1 Å². The van der Waals surface area contributed by atoms with Crippen LogP contribution in [0.4, 0.5) is 5.69 Å². The normalized spacial score (nSPS) is 18.4. The van der Waals surface area contributed by atoms with Gasteiger partial charge in [0.2, 0.25) is 0 Å². The molecule has 0 radical (unpaired) electrons. The molecular weight excluding hydrogens is 236 g/mol. The fraction of sp³-hybridized carbons (Fsp3) is 0.562. The van der Waals surface area contributed by atoms with Gasteiger partial charge >= 0.3 is 0 Å². The molecule has 0 saturated carbocycles. The maximum Gasteiger partial charge on any atom is 0.150 e. The Bertz CT molecular complexity index is 436. The van der Waals surface area contributed by atoms with Gasteiger partial charge in [0.1, 0.15) is 6.29 Å². The average molecular weight is 260 g/mol. The van der Waals surface area contributed by atoms with Crippen LogP contribution in [0.3, 0.4) is 0 Å². The van der Waals surface area contributed by atoms with Gasteiger partial charge in [-0.2, -0.15) is 0 Å². The van der Waals surface area contributed by atoms with Crippen molar-refractivity contribution in [3.05, 3.63) is 29.3 Å². The number of rotatable bonds is 4. The minimum Gasteiger partial charge on any atom is -0.369 e. The zero-order valence-electron chi connectivity index (χ0n) is 12.2. The molecule has 1 aromatic rings. The zero-order valence-corrected chi connectivity index (χ0v) is 12.2. The second-order valence-corrected chi connectivity index (χ2v) is 5.44. The van der Waals surface area contributed by atoms with Gasteiger partial charge in [-0.1, -0.05) is 6.92 Å². The van der Waals surface area contributed by atoms with Gasteiger partial charge in [0, 0.05) is 43.5 Å². The molecule has 1 fully saturated rings. The molecule has 0 amide bonds. The molecule has 1 aromatic carbocycles. The van der Waals surface area contributed by atoms with Crippen LogP contribution in [0.5, 0.6) is 0 Å². The number of carbonyl (C=O) groups excluding carboxylic acids is 1. The van der Waals surface area contributed by atoms with E-state index < -0.39 is 0 Å². The summed E-state index contributed by atoms with van der Waals surface area (Å²) < 4.78 is 0. The van der Waals surface area contributed by atoms with Crippen LogP contribution in [-0.2, 0) is 0 Å². The predicted molar refractivity (Wildman–Crippen MR) is 80.1 cm³/mol. The summed E-state index contributed by atoms with van der Waals surface area (Å²) in [6, 6.07) is 6.65. The Hall–Kier alpha value is -1.35. The summed E-state index contributed by atoms with van der Waals surface area (Å²) in [5, 5.41) is 0. The van der Waals surface area contributed by atoms with E-state index in [0.717, 1.165) is 38.0 Å². The van der Waals surface area contributed by atoms with Crippen molar-refractivity contribution in [3.63, 3.8) is 0 Å². The van der Waals surface area contributed by atoms with Crippen LogP contribution in [0.25, 0.3) is 0 Å². The van der Waals surface area contributed by atoms with E-state index in [4.69, 9.17) is 0 Å². The van der Waals surface area contributed by atoms with E-state index in [1.807, 2.05) is 12.1 Å². The first-order valence-electron chi connectivity index (χ1n) is 7.20. The predicted octanol–water partition coefficient (Wildman–Crippen LogP) is 2.73. The Kier molecular flexibility index (Phi) is 4.59. The number of carbonyl (C=O) groups is 1. The Balaban J connectivity index is 2.03. The quantitative estimate of drug-likeness (QED) is 0.778. The van der Waals surface area contributed by atoms with Crippen LogP contribution in [0.1, 0.15) is 36.2 Å². The summed E-state index contributed by atoms with van der Waals surface area (Å²) in [7, 11) is 0. The molecular formula is C16H24N2O. The number of hydrogen-bond donors (Lipinski definition) is 0. The van der Waals surface area contributed by atoms with Crippen LogP contribution >= 0.6 is 0 Å². The zero-order chi connectivity index (χ0) is 13.8. The summed E-state index contributed by atoms with van der Waals surface area (Å²) in [6.45, 7) is 11.0. The monoisotopic (exact) mass is 260 g/mol. The fourth-order valence-electron chi connectivity index (χ4n) is 2.77. The highest BCUT2D eigenvalue weighted by atomic mass is 16.1. The minimum atomic E-state index is 0.681. The van der Waals surface area contributed by atoms with E-state index in [1.165, 1.54) is 17.7 Å². The minimum absolute atomic E-state index is 0.681. The van der Waals surface area contributed by atoms with Crippen LogP contribution < -0.4 is 4.90 Å². The molecule has 0 bridgehead atoms. The summed E-state index contributed by atoms with van der Waals surface area (Å²) in [5.74, 6) is 0. The average Bonchev–Trinajstić information content (AvgIpc) is 2.46. The van der Waals surface area contributed by atoms with Crippen LogP contribution in [0.2, 0.25) is 0 Å². The van der Waals surface area contributed by atoms with Gasteiger partial charge in [-0.3, -0.25) is 9.69 Å². The van der Waals surface area contributed by atoms with Gasteiger partial charge in [0.15, 0.2) is 0 Å². The standard InChI is InChI=1S/C16H24N2O/c1-4-14(3)17-7-9-18(10-8-17)16-6-5-15(12-19)11-13(16)2/h5-6,11-12,14H,4,7-10H2,1-3H3/t14-/m0/s1. The van der Waals surface area contributed by atoms with Crippen molar-refractivity contribution in [1.29, 1.82) is 0 Å². The molecule has 19 heavy (non-hydrogen) atoms. The van der Waals surface area contributed by atoms with E-state index in [9.17, 15) is 4.79 Å². The number of benzene rings is 1. The van der Waals surface area contributed by atoms with Crippen molar-refractivity contribution < 1.29 is 4.79 Å². The van der Waals surface area contributed by atoms with Crippen molar-refractivity contribution in [3.8, 4) is 0 Å². The fourth-order valence-corrected chi connectivity index (χ4v) is 2.77. The lowest BCUT2D eigenvalue weighted by atomic mass is 10.1. The number of piperazine rings is 1. The number of aldehydes is 1. The molecule has 104 valence electrons. The Morgan fingerprint density at radius 1 is 1.26 bits per heavy atom. The molecule has 0 N–H and O–H groups in total. The lowest BCUT2D eigenvalue weighted by Crippen LogP contribution is -2.49. The summed E-state index contributed by atoms with van der Waals surface area (Å²) in [6.07, 6.45) is 2.13. The largest absolute Gasteiger partial charge is 0.369 e. The SMILES string of the molecule is CC[C@H](C)N1CCN(c2ccc(C=O)cc2C)CC1. The summed E-state index contributed by atoms with van der Waals surface area (Å²) in [4.78, 5) is 15.8. The molecule has 3 heteroatoms. The van der Waals surface area contributed by atoms with Gasteiger partial charge in [0.25, 0.3) is 0 Å². The maximum atomic E-state index is 10.8. The molecule has 0 unspecified atom stereocenters. The topological polar surface area (TPSA) is 23.6 Å². The molecule has 1 saturated heterocycles. The molecule has 0 spiro atoms. The number of nitrogens with zero attached hydrogens (tertiary/aromatic N) is 2. The highest BCUT2D eigenvalue weighted by Crippen LogP contribution is 2.22. The van der Waals surface area contributed by atoms with Gasteiger partial charge in [-0.15, -0.1) is 0 Å². The second kappa shape index (κ2) is 6.20. The second-order valence-electron chi connectivity index (χ2n) is 5.44. The molecule has 0 aromatic heterocycles. The third-order valence-electron chi connectivity index (χ3n) is 4.23. The van der Waals surface area contributed by atoms with Crippen LogP contribution in [0.15, 0.2) is 18.2 Å². The maximum absolute atomic E-state index is 10.8. The summed E-state index contributed by atoms with van der Waals surface area (Å²) in [5.41, 5.74) is 3.23. The van der Waals surface area contributed by atoms with E-state index in [1.54, 1.807) is 0 Å². The highest BCUT2D eigenvalue weighted by molar-refractivity contribution is 5.77. The number of anilines is 1.